The van der Waals surface area contributed by atoms with E-state index in [2.05, 4.69) is 0 Å². The van der Waals surface area contributed by atoms with Crippen molar-refractivity contribution in [1.82, 2.24) is 0 Å². The van der Waals surface area contributed by atoms with Gasteiger partial charge in [0.25, 0.3) is 0 Å². The summed E-state index contributed by atoms with van der Waals surface area (Å²) in [6.45, 7) is 2.07. The second kappa shape index (κ2) is 5.36. The van der Waals surface area contributed by atoms with Gasteiger partial charge >= 0.3 is 6.18 Å². The van der Waals surface area contributed by atoms with E-state index in [1.54, 1.807) is 6.92 Å². The molecule has 1 rings (SSSR count). The zero-order valence-corrected chi connectivity index (χ0v) is 10.8. The third-order valence-electron chi connectivity index (χ3n) is 2.07. The summed E-state index contributed by atoms with van der Waals surface area (Å²) in [6, 6.07) is 4.59. The Balaban J connectivity index is 3.16. The van der Waals surface area contributed by atoms with E-state index in [1.165, 1.54) is 12.1 Å². The molecule has 0 fully saturated rings. The van der Waals surface area contributed by atoms with Gasteiger partial charge in [-0.25, -0.2) is 8.42 Å². The van der Waals surface area contributed by atoms with Crippen LogP contribution in [0.1, 0.15) is 17.7 Å². The van der Waals surface area contributed by atoms with E-state index in [9.17, 15) is 21.6 Å². The number of benzene rings is 1. The Morgan fingerprint density at radius 3 is 2.11 bits per heavy atom. The monoisotopic (exact) mass is 302 g/mol. The van der Waals surface area contributed by atoms with Gasteiger partial charge in [0.05, 0.1) is 6.61 Å². The van der Waals surface area contributed by atoms with Crippen molar-refractivity contribution in [2.45, 2.75) is 18.3 Å². The maximum atomic E-state index is 12.7. The van der Waals surface area contributed by atoms with E-state index in [4.69, 9.17) is 15.4 Å². The van der Waals surface area contributed by atoms with Crippen molar-refractivity contribution in [3.05, 3.63) is 29.8 Å². The zero-order valence-electron chi connectivity index (χ0n) is 9.24. The van der Waals surface area contributed by atoms with Gasteiger partial charge in [-0.2, -0.15) is 13.2 Å². The van der Waals surface area contributed by atoms with Gasteiger partial charge in [-0.15, -0.1) is 0 Å². The molecule has 0 amide bonds. The van der Waals surface area contributed by atoms with Crippen LogP contribution >= 0.6 is 10.7 Å². The average Bonchev–Trinajstić information content (AvgIpc) is 2.17. The van der Waals surface area contributed by atoms with Gasteiger partial charge in [-0.3, -0.25) is 0 Å². The maximum Gasteiger partial charge on any atom is 0.410 e. The summed E-state index contributed by atoms with van der Waals surface area (Å²) in [5.41, 5.74) is -0.444. The second-order valence-electron chi connectivity index (χ2n) is 3.40. The Morgan fingerprint density at radius 2 is 1.78 bits per heavy atom. The fraction of sp³-hybridized carbons (Fsp3) is 0.400. The highest BCUT2D eigenvalue weighted by Gasteiger charge is 2.49. The van der Waals surface area contributed by atoms with Gasteiger partial charge in [0.2, 0.25) is 9.05 Å². The summed E-state index contributed by atoms with van der Waals surface area (Å²) < 4.78 is 65.0. The molecule has 0 saturated heterocycles. The van der Waals surface area contributed by atoms with Crippen LogP contribution in [0.3, 0.4) is 0 Å². The fourth-order valence-electron chi connectivity index (χ4n) is 1.42. The first-order valence-corrected chi connectivity index (χ1v) is 7.26. The molecular formula is C10H10ClF3O3S. The number of halogens is 4. The van der Waals surface area contributed by atoms with Crippen LogP contribution in [0.4, 0.5) is 13.2 Å². The minimum absolute atomic E-state index is 0.356. The number of hydrogen-bond acceptors (Lipinski definition) is 3. The normalized spacial score (nSPS) is 14.3. The van der Waals surface area contributed by atoms with Crippen molar-refractivity contribution in [3.8, 4) is 5.75 Å². The number of rotatable bonds is 4. The molecule has 0 N–H and O–H groups in total. The van der Waals surface area contributed by atoms with Gasteiger partial charge in [0.15, 0.2) is 5.25 Å². The van der Waals surface area contributed by atoms with Crippen LogP contribution in [-0.4, -0.2) is 21.2 Å². The molecule has 1 aromatic carbocycles. The zero-order chi connectivity index (χ0) is 14.0. The molecule has 0 spiro atoms. The van der Waals surface area contributed by atoms with E-state index in [0.717, 1.165) is 12.1 Å². The van der Waals surface area contributed by atoms with Crippen LogP contribution < -0.4 is 4.74 Å². The van der Waals surface area contributed by atoms with Crippen LogP contribution in [0.2, 0.25) is 0 Å². The number of alkyl halides is 3. The molecule has 1 aromatic rings. The predicted octanol–water partition coefficient (Wildman–Crippen LogP) is 3.26. The van der Waals surface area contributed by atoms with E-state index in [1.807, 2.05) is 0 Å². The first-order valence-electron chi connectivity index (χ1n) is 4.89. The summed E-state index contributed by atoms with van der Waals surface area (Å²) in [6.07, 6.45) is -4.96. The molecule has 0 aromatic heterocycles. The summed E-state index contributed by atoms with van der Waals surface area (Å²) in [5, 5.41) is -2.73. The van der Waals surface area contributed by atoms with Crippen LogP contribution in [-0.2, 0) is 9.05 Å². The highest BCUT2D eigenvalue weighted by molar-refractivity contribution is 8.14. The SMILES string of the molecule is CCOc1ccc(C(C(F)(F)F)S(=O)(=O)Cl)cc1. The van der Waals surface area contributed by atoms with Crippen molar-refractivity contribution < 1.29 is 26.3 Å². The molecule has 1 unspecified atom stereocenters. The maximum absolute atomic E-state index is 12.7. The summed E-state index contributed by atoms with van der Waals surface area (Å²) >= 11 is 0. The van der Waals surface area contributed by atoms with Crippen LogP contribution in [0.25, 0.3) is 0 Å². The molecule has 3 nitrogen and oxygen atoms in total. The van der Waals surface area contributed by atoms with Gasteiger partial charge in [-0.1, -0.05) is 12.1 Å². The van der Waals surface area contributed by atoms with E-state index >= 15 is 0 Å². The van der Waals surface area contributed by atoms with E-state index in [0.29, 0.717) is 12.4 Å². The highest BCUT2D eigenvalue weighted by atomic mass is 35.7. The van der Waals surface area contributed by atoms with Crippen molar-refractivity contribution in [2.75, 3.05) is 6.61 Å². The van der Waals surface area contributed by atoms with Crippen molar-refractivity contribution in [3.63, 3.8) is 0 Å². The number of ether oxygens (including phenoxy) is 1. The summed E-state index contributed by atoms with van der Waals surface area (Å²) in [5.74, 6) is 0.356. The molecule has 0 heterocycles. The first-order chi connectivity index (χ1) is 8.16. The molecule has 102 valence electrons. The van der Waals surface area contributed by atoms with Crippen LogP contribution in [0.5, 0.6) is 5.75 Å². The minimum atomic E-state index is -4.96. The minimum Gasteiger partial charge on any atom is -0.494 e. The Bertz CT molecular complexity index is 496. The molecule has 0 aliphatic heterocycles. The van der Waals surface area contributed by atoms with Gasteiger partial charge < -0.3 is 4.74 Å². The van der Waals surface area contributed by atoms with E-state index < -0.39 is 26.0 Å². The van der Waals surface area contributed by atoms with Crippen LogP contribution in [0, 0.1) is 0 Å². The number of hydrogen-bond donors (Lipinski definition) is 0. The second-order valence-corrected chi connectivity index (χ2v) is 6.11. The molecule has 0 aliphatic carbocycles. The lowest BCUT2D eigenvalue weighted by Crippen LogP contribution is -2.25. The molecule has 0 aliphatic rings. The molecule has 18 heavy (non-hydrogen) atoms. The molecule has 0 radical (unpaired) electrons. The summed E-state index contributed by atoms with van der Waals surface area (Å²) in [4.78, 5) is 0. The smallest absolute Gasteiger partial charge is 0.410 e. The van der Waals surface area contributed by atoms with Crippen LogP contribution in [0.15, 0.2) is 24.3 Å². The Labute approximate surface area is 107 Å². The first kappa shape index (κ1) is 15.1. The topological polar surface area (TPSA) is 43.4 Å². The lowest BCUT2D eigenvalue weighted by Gasteiger charge is -2.17. The third-order valence-corrected chi connectivity index (χ3v) is 3.71. The molecule has 0 saturated carbocycles. The Kier molecular flexibility index (Phi) is 4.50. The molecule has 8 heteroatoms. The van der Waals surface area contributed by atoms with Gasteiger partial charge in [0, 0.05) is 10.7 Å². The Morgan fingerprint density at radius 1 is 1.28 bits per heavy atom. The van der Waals surface area contributed by atoms with Crippen molar-refractivity contribution >= 4 is 19.7 Å². The summed E-state index contributed by atoms with van der Waals surface area (Å²) in [7, 11) is 0.0459. The van der Waals surface area contributed by atoms with E-state index in [-0.39, 0.29) is 0 Å². The van der Waals surface area contributed by atoms with Crippen molar-refractivity contribution in [2.24, 2.45) is 0 Å². The lowest BCUT2D eigenvalue weighted by molar-refractivity contribution is -0.131. The molecular weight excluding hydrogens is 293 g/mol. The largest absolute Gasteiger partial charge is 0.494 e. The fourth-order valence-corrected chi connectivity index (χ4v) is 2.83. The quantitative estimate of drug-likeness (QED) is 0.802. The van der Waals surface area contributed by atoms with Gasteiger partial charge in [-0.05, 0) is 24.6 Å². The predicted molar refractivity (Wildman–Crippen MR) is 61.2 cm³/mol. The Hall–Kier alpha value is -0.950. The van der Waals surface area contributed by atoms with Gasteiger partial charge in [0.1, 0.15) is 5.75 Å². The highest BCUT2D eigenvalue weighted by Crippen LogP contribution is 2.41. The van der Waals surface area contributed by atoms with Crippen molar-refractivity contribution in [1.29, 1.82) is 0 Å². The molecule has 1 atom stereocenters. The molecule has 0 bridgehead atoms. The average molecular weight is 303 g/mol. The standard InChI is InChI=1S/C10H10ClF3O3S/c1-2-17-8-5-3-7(4-6-8)9(10(12,13)14)18(11,15)16/h3-6,9H,2H2,1H3. The lowest BCUT2D eigenvalue weighted by atomic mass is 10.1. The third kappa shape index (κ3) is 3.78.